The van der Waals surface area contributed by atoms with Gasteiger partial charge in [0.2, 0.25) is 5.91 Å². The summed E-state index contributed by atoms with van der Waals surface area (Å²) in [5.41, 5.74) is 2.85. The third-order valence-corrected chi connectivity index (χ3v) is 4.58. The average molecular weight is 323 g/mol. The maximum Gasteiger partial charge on any atom is 0.306 e. The van der Waals surface area contributed by atoms with Crippen molar-refractivity contribution in [2.24, 2.45) is 5.92 Å². The number of amides is 1. The average Bonchev–Trinajstić information content (AvgIpc) is 2.40. The van der Waals surface area contributed by atoms with Crippen molar-refractivity contribution in [1.29, 1.82) is 0 Å². The zero-order valence-electron chi connectivity index (χ0n) is 13.0. The highest BCUT2D eigenvalue weighted by molar-refractivity contribution is 7.98. The van der Waals surface area contributed by atoms with E-state index in [0.29, 0.717) is 25.7 Å². The summed E-state index contributed by atoms with van der Waals surface area (Å²) in [6.45, 7) is 3.87. The van der Waals surface area contributed by atoms with Crippen LogP contribution in [0.5, 0.6) is 0 Å². The van der Waals surface area contributed by atoms with Gasteiger partial charge in [-0.05, 0) is 44.9 Å². The van der Waals surface area contributed by atoms with Crippen LogP contribution in [0.3, 0.4) is 0 Å². The number of nitrogens with one attached hydrogen (secondary N) is 1. The van der Waals surface area contributed by atoms with Gasteiger partial charge in [-0.15, -0.1) is 0 Å². The molecule has 1 heterocycles. The molecule has 0 unspecified atom stereocenters. The maximum absolute atomic E-state index is 11.9. The summed E-state index contributed by atoms with van der Waals surface area (Å²) in [4.78, 5) is 31.5. The first-order valence-electron chi connectivity index (χ1n) is 7.31. The van der Waals surface area contributed by atoms with Gasteiger partial charge in [-0.3, -0.25) is 9.59 Å². The molecule has 0 saturated heterocycles. The van der Waals surface area contributed by atoms with E-state index >= 15 is 0 Å². The molecular weight excluding hydrogens is 302 g/mol. The molecule has 0 bridgehead atoms. The lowest BCUT2D eigenvalue weighted by atomic mass is 9.80. The molecule has 1 amide bonds. The molecule has 2 N–H and O–H groups in total. The monoisotopic (exact) mass is 323 g/mol. The van der Waals surface area contributed by atoms with Crippen molar-refractivity contribution in [1.82, 2.24) is 15.3 Å². The fourth-order valence-corrected chi connectivity index (χ4v) is 3.09. The minimum Gasteiger partial charge on any atom is -0.481 e. The molecule has 1 aromatic rings. The van der Waals surface area contributed by atoms with Crippen molar-refractivity contribution in [2.75, 3.05) is 6.26 Å². The molecule has 22 heavy (non-hydrogen) atoms. The highest BCUT2D eigenvalue weighted by atomic mass is 32.2. The summed E-state index contributed by atoms with van der Waals surface area (Å²) in [5.74, 6) is -1.12. The van der Waals surface area contributed by atoms with E-state index in [1.165, 1.54) is 11.8 Å². The van der Waals surface area contributed by atoms with Crippen molar-refractivity contribution in [3.05, 3.63) is 17.0 Å². The molecule has 1 saturated carbocycles. The number of aryl methyl sites for hydroxylation is 2. The summed E-state index contributed by atoms with van der Waals surface area (Å²) in [6, 6.07) is 0.00547. The van der Waals surface area contributed by atoms with E-state index in [1.807, 2.05) is 20.1 Å². The zero-order chi connectivity index (χ0) is 16.3. The Bertz CT molecular complexity index is 562. The second-order valence-corrected chi connectivity index (χ2v) is 6.40. The number of thioether (sulfide) groups is 1. The van der Waals surface area contributed by atoms with E-state index in [2.05, 4.69) is 15.3 Å². The lowest BCUT2D eigenvalue weighted by Crippen LogP contribution is -2.46. The molecule has 6 nitrogen and oxygen atoms in total. The Labute approximate surface area is 134 Å². The second kappa shape index (κ2) is 7.09. The summed E-state index contributed by atoms with van der Waals surface area (Å²) >= 11 is 1.50. The number of hydrogen-bond donors (Lipinski definition) is 2. The van der Waals surface area contributed by atoms with Crippen LogP contribution in [0.15, 0.2) is 5.16 Å². The number of carbonyl (C=O) groups excluding carboxylic acids is 1. The van der Waals surface area contributed by atoms with Gasteiger partial charge in [-0.25, -0.2) is 9.97 Å². The molecule has 120 valence electrons. The lowest BCUT2D eigenvalue weighted by Gasteiger charge is -2.32. The fourth-order valence-electron chi connectivity index (χ4n) is 2.64. The quantitative estimate of drug-likeness (QED) is 0.612. The molecule has 1 aliphatic carbocycles. The van der Waals surface area contributed by atoms with Gasteiger partial charge in [0.05, 0.1) is 5.92 Å². The molecule has 2 rings (SSSR count). The Morgan fingerprint density at radius 1 is 1.27 bits per heavy atom. The minimum atomic E-state index is -0.775. The molecule has 0 atom stereocenters. The smallest absolute Gasteiger partial charge is 0.306 e. The van der Waals surface area contributed by atoms with Gasteiger partial charge < -0.3 is 10.4 Å². The number of carbonyl (C=O) groups is 2. The van der Waals surface area contributed by atoms with E-state index in [-0.39, 0.29) is 17.9 Å². The number of rotatable bonds is 6. The lowest BCUT2D eigenvalue weighted by molar-refractivity contribution is -0.146. The highest BCUT2D eigenvalue weighted by Gasteiger charge is 2.35. The van der Waals surface area contributed by atoms with Crippen LogP contribution in [-0.4, -0.2) is 39.2 Å². The van der Waals surface area contributed by atoms with Crippen LogP contribution >= 0.6 is 11.8 Å². The Balaban J connectivity index is 1.83. The van der Waals surface area contributed by atoms with Gasteiger partial charge in [-0.1, -0.05) is 11.8 Å². The van der Waals surface area contributed by atoms with Crippen molar-refractivity contribution in [2.45, 2.75) is 50.7 Å². The largest absolute Gasteiger partial charge is 0.481 e. The molecule has 0 radical (unpaired) electrons. The van der Waals surface area contributed by atoms with Crippen molar-refractivity contribution >= 4 is 23.6 Å². The van der Waals surface area contributed by atoms with E-state index in [1.54, 1.807) is 0 Å². The van der Waals surface area contributed by atoms with Crippen molar-refractivity contribution in [3.63, 3.8) is 0 Å². The summed E-state index contributed by atoms with van der Waals surface area (Å²) < 4.78 is 0. The topological polar surface area (TPSA) is 92.2 Å². The van der Waals surface area contributed by atoms with E-state index in [9.17, 15) is 9.59 Å². The van der Waals surface area contributed by atoms with Crippen LogP contribution in [0.2, 0.25) is 0 Å². The number of nitrogens with zero attached hydrogens (tertiary/aromatic N) is 2. The zero-order valence-corrected chi connectivity index (χ0v) is 13.9. The van der Waals surface area contributed by atoms with Crippen LogP contribution in [0, 0.1) is 19.8 Å². The second-order valence-electron chi connectivity index (χ2n) is 5.63. The van der Waals surface area contributed by atoms with Crippen molar-refractivity contribution in [3.8, 4) is 0 Å². The molecule has 0 aliphatic heterocycles. The maximum atomic E-state index is 11.9. The fraction of sp³-hybridized carbons (Fsp3) is 0.600. The Morgan fingerprint density at radius 2 is 1.86 bits per heavy atom. The highest BCUT2D eigenvalue weighted by Crippen LogP contribution is 2.27. The predicted octanol–water partition coefficient (Wildman–Crippen LogP) is 1.73. The van der Waals surface area contributed by atoms with Gasteiger partial charge in [-0.2, -0.15) is 0 Å². The third kappa shape index (κ3) is 3.97. The first kappa shape index (κ1) is 16.7. The van der Waals surface area contributed by atoms with Crippen LogP contribution in [0.4, 0.5) is 0 Å². The van der Waals surface area contributed by atoms with E-state index in [0.717, 1.165) is 22.1 Å². The molecule has 1 aliphatic rings. The van der Waals surface area contributed by atoms with Gasteiger partial charge in [0.25, 0.3) is 0 Å². The number of aliphatic carboxylic acids is 1. The van der Waals surface area contributed by atoms with Crippen LogP contribution in [0.25, 0.3) is 0 Å². The predicted molar refractivity (Wildman–Crippen MR) is 83.9 cm³/mol. The molecule has 0 aromatic carbocycles. The number of aromatic nitrogens is 2. The Morgan fingerprint density at radius 3 is 2.36 bits per heavy atom. The summed E-state index contributed by atoms with van der Waals surface area (Å²) in [6.07, 6.45) is 3.98. The van der Waals surface area contributed by atoms with Crippen molar-refractivity contribution < 1.29 is 14.7 Å². The minimum absolute atomic E-state index is 0.00547. The summed E-state index contributed by atoms with van der Waals surface area (Å²) in [7, 11) is 0. The van der Waals surface area contributed by atoms with Crippen LogP contribution < -0.4 is 5.32 Å². The van der Waals surface area contributed by atoms with Gasteiger partial charge in [0.15, 0.2) is 5.16 Å². The van der Waals surface area contributed by atoms with Crippen LogP contribution in [0.1, 0.15) is 36.2 Å². The Kier molecular flexibility index (Phi) is 5.39. The van der Waals surface area contributed by atoms with E-state index < -0.39 is 5.97 Å². The first-order valence-corrected chi connectivity index (χ1v) is 8.53. The van der Waals surface area contributed by atoms with E-state index in [4.69, 9.17) is 5.11 Å². The number of hydrogen-bond acceptors (Lipinski definition) is 5. The van der Waals surface area contributed by atoms with Gasteiger partial charge in [0, 0.05) is 23.9 Å². The first-order chi connectivity index (χ1) is 10.4. The standard InChI is InChI=1S/C15H21N3O3S/c1-8-12(9(2)17-15(16-8)22-3)4-5-13(19)18-11-6-10(7-11)14(20)21/h10-11H,4-7H2,1-3H3,(H,18,19)(H,20,21). The molecule has 1 aromatic heterocycles. The number of carboxylic acids is 1. The molecule has 1 fully saturated rings. The number of carboxylic acid groups (broad SMARTS) is 1. The van der Waals surface area contributed by atoms with Gasteiger partial charge >= 0.3 is 5.97 Å². The Hall–Kier alpha value is -1.63. The normalized spacial score (nSPS) is 20.3. The third-order valence-electron chi connectivity index (χ3n) is 4.04. The van der Waals surface area contributed by atoms with Crippen LogP contribution in [-0.2, 0) is 16.0 Å². The van der Waals surface area contributed by atoms with Gasteiger partial charge in [0.1, 0.15) is 0 Å². The molecular formula is C15H21N3O3S. The molecule has 7 heteroatoms. The SMILES string of the molecule is CSc1nc(C)c(CCC(=O)NC2CC(C(=O)O)C2)c(C)n1. The molecule has 0 spiro atoms. The summed E-state index contributed by atoms with van der Waals surface area (Å²) in [5, 5.41) is 12.4.